The van der Waals surface area contributed by atoms with Gasteiger partial charge < -0.3 is 5.11 Å². The van der Waals surface area contributed by atoms with Gasteiger partial charge in [-0.15, -0.1) is 0 Å². The zero-order chi connectivity index (χ0) is 12.9. The van der Waals surface area contributed by atoms with Crippen LogP contribution in [0.15, 0.2) is 0 Å². The highest BCUT2D eigenvalue weighted by molar-refractivity contribution is 7.89. The number of hydrogen-bond donors (Lipinski definition) is 1. The molecule has 0 saturated carbocycles. The van der Waals surface area contributed by atoms with Crippen LogP contribution in [0.5, 0.6) is 0 Å². The van der Waals surface area contributed by atoms with Crippen molar-refractivity contribution < 1.29 is 13.5 Å². The number of rotatable bonds is 6. The van der Waals surface area contributed by atoms with E-state index in [-0.39, 0.29) is 12.4 Å². The summed E-state index contributed by atoms with van der Waals surface area (Å²) >= 11 is 0. The van der Waals surface area contributed by atoms with E-state index < -0.39 is 10.0 Å². The van der Waals surface area contributed by atoms with Crippen molar-refractivity contribution in [1.82, 2.24) is 4.31 Å². The van der Waals surface area contributed by atoms with Crippen molar-refractivity contribution in [1.29, 1.82) is 0 Å². The van der Waals surface area contributed by atoms with Gasteiger partial charge in [-0.25, -0.2) is 12.7 Å². The van der Waals surface area contributed by atoms with Crippen LogP contribution in [0.1, 0.15) is 39.5 Å². The van der Waals surface area contributed by atoms with Crippen LogP contribution in [0.25, 0.3) is 0 Å². The van der Waals surface area contributed by atoms with Gasteiger partial charge in [-0.05, 0) is 37.5 Å². The maximum Gasteiger partial charge on any atom is 0.214 e. The van der Waals surface area contributed by atoms with Gasteiger partial charge >= 0.3 is 0 Å². The number of aliphatic hydroxyl groups is 1. The maximum atomic E-state index is 12.1. The molecule has 0 aromatic heterocycles. The predicted molar refractivity (Wildman–Crippen MR) is 69.2 cm³/mol. The van der Waals surface area contributed by atoms with E-state index in [2.05, 4.69) is 0 Å². The van der Waals surface area contributed by atoms with Crippen molar-refractivity contribution in [2.45, 2.75) is 39.5 Å². The number of piperidine rings is 1. The highest BCUT2D eigenvalue weighted by atomic mass is 32.2. The third-order valence-corrected chi connectivity index (χ3v) is 5.24. The monoisotopic (exact) mass is 263 g/mol. The summed E-state index contributed by atoms with van der Waals surface area (Å²) in [6.45, 7) is 5.49. The Bertz CT molecular complexity index is 312. The fourth-order valence-electron chi connectivity index (χ4n) is 2.21. The topological polar surface area (TPSA) is 57.6 Å². The fourth-order valence-corrected chi connectivity index (χ4v) is 4.08. The highest BCUT2D eigenvalue weighted by Crippen LogP contribution is 2.22. The molecule has 1 fully saturated rings. The Morgan fingerprint density at radius 1 is 1.41 bits per heavy atom. The fraction of sp³-hybridized carbons (Fsp3) is 1.00. The molecule has 0 spiro atoms. The summed E-state index contributed by atoms with van der Waals surface area (Å²) in [5.74, 6) is 1.02. The second-order valence-electron chi connectivity index (χ2n) is 5.38. The van der Waals surface area contributed by atoms with E-state index in [9.17, 15) is 8.42 Å². The Morgan fingerprint density at radius 3 is 2.71 bits per heavy atom. The Morgan fingerprint density at radius 2 is 2.12 bits per heavy atom. The first-order valence-corrected chi connectivity index (χ1v) is 8.15. The summed E-state index contributed by atoms with van der Waals surface area (Å²) in [6.07, 6.45) is 3.40. The van der Waals surface area contributed by atoms with E-state index in [4.69, 9.17) is 5.11 Å². The van der Waals surface area contributed by atoms with E-state index in [1.165, 1.54) is 0 Å². The highest BCUT2D eigenvalue weighted by Gasteiger charge is 2.28. The Hall–Kier alpha value is -0.130. The second kappa shape index (κ2) is 6.71. The largest absolute Gasteiger partial charge is 0.396 e. The Balaban J connectivity index is 2.52. The maximum absolute atomic E-state index is 12.1. The van der Waals surface area contributed by atoms with Crippen molar-refractivity contribution in [2.75, 3.05) is 25.4 Å². The van der Waals surface area contributed by atoms with Crippen LogP contribution in [-0.4, -0.2) is 43.3 Å². The number of sulfonamides is 1. The van der Waals surface area contributed by atoms with Gasteiger partial charge in [0.2, 0.25) is 10.0 Å². The Labute approximate surface area is 105 Å². The van der Waals surface area contributed by atoms with Crippen LogP contribution in [0.2, 0.25) is 0 Å². The molecular weight excluding hydrogens is 238 g/mol. The van der Waals surface area contributed by atoms with Crippen molar-refractivity contribution in [3.63, 3.8) is 0 Å². The van der Waals surface area contributed by atoms with E-state index in [0.717, 1.165) is 25.7 Å². The van der Waals surface area contributed by atoms with Gasteiger partial charge in [-0.2, -0.15) is 0 Å². The standard InChI is InChI=1S/C12H25NO3S/c1-11(2)6-9-17(15,16)13-7-3-4-12(10-13)5-8-14/h11-12,14H,3-10H2,1-2H3. The molecule has 1 rings (SSSR count). The minimum atomic E-state index is -3.08. The molecule has 1 unspecified atom stereocenters. The Kier molecular flexibility index (Phi) is 5.89. The zero-order valence-corrected chi connectivity index (χ0v) is 11.7. The lowest BCUT2D eigenvalue weighted by atomic mass is 9.97. The lowest BCUT2D eigenvalue weighted by molar-refractivity contribution is 0.202. The molecule has 0 aromatic carbocycles. The average Bonchev–Trinajstić information content (AvgIpc) is 2.27. The molecule has 0 radical (unpaired) electrons. The molecule has 0 amide bonds. The van der Waals surface area contributed by atoms with Crippen LogP contribution in [0.4, 0.5) is 0 Å². The number of aliphatic hydroxyl groups excluding tert-OH is 1. The molecule has 1 heterocycles. The molecule has 1 atom stereocenters. The molecular formula is C12H25NO3S. The molecule has 5 heteroatoms. The minimum absolute atomic E-state index is 0.157. The number of hydrogen-bond acceptors (Lipinski definition) is 3. The normalized spacial score (nSPS) is 23.2. The first kappa shape index (κ1) is 14.9. The summed E-state index contributed by atoms with van der Waals surface area (Å²) in [5.41, 5.74) is 0. The van der Waals surface area contributed by atoms with Gasteiger partial charge in [0, 0.05) is 19.7 Å². The van der Waals surface area contributed by atoms with Crippen molar-refractivity contribution >= 4 is 10.0 Å². The van der Waals surface area contributed by atoms with Crippen LogP contribution in [-0.2, 0) is 10.0 Å². The molecule has 0 aliphatic carbocycles. The van der Waals surface area contributed by atoms with Crippen molar-refractivity contribution in [2.24, 2.45) is 11.8 Å². The predicted octanol–water partition coefficient (Wildman–Crippen LogP) is 1.46. The molecule has 1 aliphatic rings. The quantitative estimate of drug-likeness (QED) is 0.789. The molecule has 4 nitrogen and oxygen atoms in total. The third kappa shape index (κ3) is 4.94. The van der Waals surface area contributed by atoms with Crippen molar-refractivity contribution in [3.05, 3.63) is 0 Å². The van der Waals surface area contributed by atoms with Gasteiger partial charge in [-0.3, -0.25) is 0 Å². The molecule has 1 saturated heterocycles. The summed E-state index contributed by atoms with van der Waals surface area (Å²) in [4.78, 5) is 0. The average molecular weight is 263 g/mol. The van der Waals surface area contributed by atoms with Gasteiger partial charge in [0.05, 0.1) is 5.75 Å². The molecule has 1 aliphatic heterocycles. The van der Waals surface area contributed by atoms with E-state index in [1.54, 1.807) is 4.31 Å². The molecule has 102 valence electrons. The summed E-state index contributed by atoms with van der Waals surface area (Å²) in [6, 6.07) is 0. The first-order valence-electron chi connectivity index (χ1n) is 6.54. The zero-order valence-electron chi connectivity index (χ0n) is 10.9. The third-order valence-electron chi connectivity index (χ3n) is 3.37. The van der Waals surface area contributed by atoms with Crippen LogP contribution in [0.3, 0.4) is 0 Å². The number of nitrogens with zero attached hydrogens (tertiary/aromatic N) is 1. The van der Waals surface area contributed by atoms with Crippen LogP contribution in [0, 0.1) is 11.8 Å². The lowest BCUT2D eigenvalue weighted by Crippen LogP contribution is -2.41. The molecule has 0 bridgehead atoms. The van der Waals surface area contributed by atoms with Crippen molar-refractivity contribution in [3.8, 4) is 0 Å². The second-order valence-corrected chi connectivity index (χ2v) is 7.47. The summed E-state index contributed by atoms with van der Waals surface area (Å²) < 4.78 is 25.8. The minimum Gasteiger partial charge on any atom is -0.396 e. The SMILES string of the molecule is CC(C)CCS(=O)(=O)N1CCCC(CCO)C1. The molecule has 17 heavy (non-hydrogen) atoms. The van der Waals surface area contributed by atoms with E-state index in [1.807, 2.05) is 13.8 Å². The van der Waals surface area contributed by atoms with Crippen LogP contribution < -0.4 is 0 Å². The first-order chi connectivity index (χ1) is 7.95. The van der Waals surface area contributed by atoms with Gasteiger partial charge in [0.1, 0.15) is 0 Å². The van der Waals surface area contributed by atoms with Gasteiger partial charge in [0.25, 0.3) is 0 Å². The summed E-state index contributed by atoms with van der Waals surface area (Å²) in [7, 11) is -3.08. The van der Waals surface area contributed by atoms with E-state index in [0.29, 0.717) is 24.9 Å². The lowest BCUT2D eigenvalue weighted by Gasteiger charge is -2.31. The molecule has 1 N–H and O–H groups in total. The van der Waals surface area contributed by atoms with Gasteiger partial charge in [0.15, 0.2) is 0 Å². The van der Waals surface area contributed by atoms with Gasteiger partial charge in [-0.1, -0.05) is 13.8 Å². The van der Waals surface area contributed by atoms with Crippen LogP contribution >= 0.6 is 0 Å². The smallest absolute Gasteiger partial charge is 0.214 e. The summed E-state index contributed by atoms with van der Waals surface area (Å²) in [5, 5.41) is 8.92. The molecule has 0 aromatic rings. The van der Waals surface area contributed by atoms with E-state index >= 15 is 0 Å².